The number of carboxylic acids is 1. The summed E-state index contributed by atoms with van der Waals surface area (Å²) in [7, 11) is 0. The second-order valence-electron chi connectivity index (χ2n) is 5.56. The van der Waals surface area contributed by atoms with Crippen LogP contribution in [0.25, 0.3) is 0 Å². The lowest BCUT2D eigenvalue weighted by Crippen LogP contribution is -2.32. The molecule has 0 aliphatic carbocycles. The van der Waals surface area contributed by atoms with Gasteiger partial charge in [0.15, 0.2) is 0 Å². The van der Waals surface area contributed by atoms with Crippen molar-refractivity contribution in [1.29, 1.82) is 0 Å². The number of aromatic nitrogens is 2. The molecular weight excluding hydrogens is 317 g/mol. The van der Waals surface area contributed by atoms with Crippen LogP contribution in [0.5, 0.6) is 0 Å². The molecule has 0 aliphatic heterocycles. The summed E-state index contributed by atoms with van der Waals surface area (Å²) in [6.45, 7) is 3.23. The van der Waals surface area contributed by atoms with Crippen molar-refractivity contribution in [3.05, 3.63) is 27.7 Å². The number of aliphatic carboxylic acids is 1. The number of rotatable bonds is 7. The van der Waals surface area contributed by atoms with Crippen molar-refractivity contribution in [1.82, 2.24) is 9.78 Å². The molecule has 23 heavy (non-hydrogen) atoms. The quantitative estimate of drug-likeness (QED) is 0.767. The number of hydrogen-bond acceptors (Lipinski definition) is 4. The van der Waals surface area contributed by atoms with E-state index in [4.69, 9.17) is 5.11 Å². The maximum absolute atomic E-state index is 12.8. The smallest absolute Gasteiger partial charge is 0.418 e. The van der Waals surface area contributed by atoms with Gasteiger partial charge in [0.1, 0.15) is 6.29 Å². The van der Waals surface area contributed by atoms with E-state index in [0.717, 1.165) is 0 Å². The number of halogens is 3. The number of nitrogens with zero attached hydrogens (tertiary/aromatic N) is 2. The molecule has 0 amide bonds. The summed E-state index contributed by atoms with van der Waals surface area (Å²) in [4.78, 5) is 33.6. The Hall–Kier alpha value is -2.19. The molecule has 1 heterocycles. The fourth-order valence-corrected chi connectivity index (χ4v) is 2.17. The van der Waals surface area contributed by atoms with Gasteiger partial charge in [-0.3, -0.25) is 9.59 Å². The minimum Gasteiger partial charge on any atom is -0.481 e. The zero-order valence-corrected chi connectivity index (χ0v) is 12.6. The monoisotopic (exact) mass is 334 g/mol. The van der Waals surface area contributed by atoms with E-state index in [1.54, 1.807) is 13.8 Å². The van der Waals surface area contributed by atoms with Crippen LogP contribution < -0.4 is 5.56 Å². The molecule has 0 saturated heterocycles. The molecule has 6 nitrogen and oxygen atoms in total. The van der Waals surface area contributed by atoms with Crippen LogP contribution in [-0.2, 0) is 28.7 Å². The standard InChI is InChI=1S/C14H17F3N2O4/c1-8(2)5-9(13(22)23)7-19-12(21)6-10(14(15,16)17)11(18-19)3-4-20/h4,6,8-9H,3,5,7H2,1-2H3,(H,22,23)/t9-/m0/s1. The molecule has 0 bridgehead atoms. The molecule has 0 unspecified atom stereocenters. The Bertz CT molecular complexity index is 638. The summed E-state index contributed by atoms with van der Waals surface area (Å²) < 4.78 is 39.2. The van der Waals surface area contributed by atoms with Gasteiger partial charge in [-0.05, 0) is 12.3 Å². The predicted octanol–water partition coefficient (Wildman–Crippen LogP) is 1.75. The fourth-order valence-electron chi connectivity index (χ4n) is 2.17. The van der Waals surface area contributed by atoms with Gasteiger partial charge in [0.05, 0.1) is 23.7 Å². The van der Waals surface area contributed by atoms with E-state index in [9.17, 15) is 27.6 Å². The van der Waals surface area contributed by atoms with Crippen molar-refractivity contribution in [2.24, 2.45) is 11.8 Å². The van der Waals surface area contributed by atoms with Crippen molar-refractivity contribution >= 4 is 12.3 Å². The predicted molar refractivity (Wildman–Crippen MR) is 73.8 cm³/mol. The zero-order chi connectivity index (χ0) is 17.8. The second-order valence-corrected chi connectivity index (χ2v) is 5.56. The topological polar surface area (TPSA) is 89.3 Å². The third-order valence-electron chi connectivity index (χ3n) is 3.16. The lowest BCUT2D eigenvalue weighted by Gasteiger charge is -2.17. The van der Waals surface area contributed by atoms with Gasteiger partial charge >= 0.3 is 12.1 Å². The van der Waals surface area contributed by atoms with Crippen LogP contribution in [-0.4, -0.2) is 27.1 Å². The van der Waals surface area contributed by atoms with Crippen LogP contribution in [0.2, 0.25) is 0 Å². The molecule has 0 spiro atoms. The van der Waals surface area contributed by atoms with Gasteiger partial charge in [-0.1, -0.05) is 13.8 Å². The van der Waals surface area contributed by atoms with Crippen molar-refractivity contribution in [2.75, 3.05) is 0 Å². The van der Waals surface area contributed by atoms with Crippen molar-refractivity contribution < 1.29 is 27.9 Å². The van der Waals surface area contributed by atoms with Gasteiger partial charge in [0.25, 0.3) is 5.56 Å². The first-order chi connectivity index (χ1) is 10.6. The van der Waals surface area contributed by atoms with Crippen LogP contribution in [0.3, 0.4) is 0 Å². The highest BCUT2D eigenvalue weighted by Gasteiger charge is 2.35. The second kappa shape index (κ2) is 7.38. The zero-order valence-electron chi connectivity index (χ0n) is 12.6. The molecule has 1 aromatic rings. The first-order valence-electron chi connectivity index (χ1n) is 6.91. The van der Waals surface area contributed by atoms with Crippen molar-refractivity contribution in [3.63, 3.8) is 0 Å². The first kappa shape index (κ1) is 18.9. The van der Waals surface area contributed by atoms with E-state index in [2.05, 4.69) is 5.10 Å². The summed E-state index contributed by atoms with van der Waals surface area (Å²) in [6, 6.07) is 0.347. The minimum atomic E-state index is -4.81. The number of alkyl halides is 3. The molecule has 0 aliphatic rings. The highest BCUT2D eigenvalue weighted by Crippen LogP contribution is 2.30. The Labute approximate surface area is 129 Å². The third-order valence-corrected chi connectivity index (χ3v) is 3.16. The van der Waals surface area contributed by atoms with Gasteiger partial charge < -0.3 is 9.90 Å². The largest absolute Gasteiger partial charge is 0.481 e. The molecule has 1 atom stereocenters. The van der Waals surface area contributed by atoms with E-state index in [1.807, 2.05) is 0 Å². The SMILES string of the molecule is CC(C)C[C@@H](Cn1nc(CC=O)c(C(F)(F)F)cc1=O)C(=O)O. The van der Waals surface area contributed by atoms with Crippen LogP contribution in [0.4, 0.5) is 13.2 Å². The summed E-state index contributed by atoms with van der Waals surface area (Å²) >= 11 is 0. The average Bonchev–Trinajstić information content (AvgIpc) is 2.39. The van der Waals surface area contributed by atoms with Gasteiger partial charge in [-0.15, -0.1) is 0 Å². The molecule has 0 aromatic carbocycles. The van der Waals surface area contributed by atoms with E-state index < -0.39 is 41.3 Å². The first-order valence-corrected chi connectivity index (χ1v) is 6.91. The fraction of sp³-hybridized carbons (Fsp3) is 0.571. The Balaban J connectivity index is 3.27. The number of hydrogen-bond donors (Lipinski definition) is 1. The summed E-state index contributed by atoms with van der Waals surface area (Å²) in [5, 5.41) is 12.7. The average molecular weight is 334 g/mol. The summed E-state index contributed by atoms with van der Waals surface area (Å²) in [5.74, 6) is -2.10. The van der Waals surface area contributed by atoms with Gasteiger partial charge in [-0.2, -0.15) is 18.3 Å². The Morgan fingerprint density at radius 1 is 1.43 bits per heavy atom. The van der Waals surface area contributed by atoms with E-state index in [-0.39, 0.29) is 25.2 Å². The van der Waals surface area contributed by atoms with E-state index in [0.29, 0.717) is 10.7 Å². The number of carbonyl (C=O) groups is 2. The molecule has 1 rings (SSSR count). The molecule has 1 aromatic heterocycles. The van der Waals surface area contributed by atoms with E-state index in [1.165, 1.54) is 0 Å². The molecule has 0 radical (unpaired) electrons. The molecule has 0 fully saturated rings. The molecule has 128 valence electrons. The minimum absolute atomic E-state index is 0.0238. The van der Waals surface area contributed by atoms with E-state index >= 15 is 0 Å². The Morgan fingerprint density at radius 3 is 2.48 bits per heavy atom. The van der Waals surface area contributed by atoms with Crippen LogP contribution in [0.1, 0.15) is 31.5 Å². The maximum Gasteiger partial charge on any atom is 0.418 e. The van der Waals surface area contributed by atoms with Crippen molar-refractivity contribution in [3.8, 4) is 0 Å². The van der Waals surface area contributed by atoms with Crippen molar-refractivity contribution in [2.45, 2.75) is 39.4 Å². The Morgan fingerprint density at radius 2 is 2.04 bits per heavy atom. The number of carboxylic acid groups (broad SMARTS) is 1. The van der Waals surface area contributed by atoms with Crippen LogP contribution in [0, 0.1) is 11.8 Å². The summed E-state index contributed by atoms with van der Waals surface area (Å²) in [5.41, 5.74) is -2.93. The lowest BCUT2D eigenvalue weighted by molar-refractivity contribution is -0.143. The Kier molecular flexibility index (Phi) is 6.05. The normalized spacial score (nSPS) is 13.1. The lowest BCUT2D eigenvalue weighted by atomic mass is 9.97. The summed E-state index contributed by atoms with van der Waals surface area (Å²) in [6.07, 6.45) is -4.94. The van der Waals surface area contributed by atoms with Gasteiger partial charge in [0.2, 0.25) is 0 Å². The number of carbonyl (C=O) groups excluding carboxylic acids is 1. The number of aldehydes is 1. The molecular formula is C14H17F3N2O4. The maximum atomic E-state index is 12.8. The van der Waals surface area contributed by atoms with Gasteiger partial charge in [-0.25, -0.2) is 4.68 Å². The third kappa shape index (κ3) is 5.19. The molecule has 1 N–H and O–H groups in total. The molecule has 0 saturated carbocycles. The van der Waals surface area contributed by atoms with Crippen LogP contribution >= 0.6 is 0 Å². The van der Waals surface area contributed by atoms with Gasteiger partial charge in [0, 0.05) is 12.5 Å². The molecule has 9 heteroatoms. The highest BCUT2D eigenvalue weighted by molar-refractivity contribution is 5.69. The highest BCUT2D eigenvalue weighted by atomic mass is 19.4. The van der Waals surface area contributed by atoms with Crippen LogP contribution in [0.15, 0.2) is 10.9 Å².